The number of pyridine rings is 1. The number of hydrogen-bond donors (Lipinski definition) is 2. The summed E-state index contributed by atoms with van der Waals surface area (Å²) >= 11 is 0. The molecule has 2 aromatic heterocycles. The van der Waals surface area contributed by atoms with E-state index in [9.17, 15) is 4.79 Å². The van der Waals surface area contributed by atoms with E-state index in [1.165, 1.54) is 16.5 Å². The van der Waals surface area contributed by atoms with Gasteiger partial charge in [0.25, 0.3) is 0 Å². The molecule has 1 aliphatic rings. The Hall–Kier alpha value is -2.86. The van der Waals surface area contributed by atoms with Crippen molar-refractivity contribution >= 4 is 16.9 Å². The van der Waals surface area contributed by atoms with Gasteiger partial charge in [0.15, 0.2) is 0 Å². The Morgan fingerprint density at radius 3 is 2.78 bits per heavy atom. The maximum atomic E-state index is 12.3. The smallest absolute Gasteiger partial charge is 0.317 e. The van der Waals surface area contributed by atoms with Gasteiger partial charge in [-0.25, -0.2) is 4.79 Å². The maximum absolute atomic E-state index is 12.3. The number of amides is 2. The van der Waals surface area contributed by atoms with Gasteiger partial charge in [-0.05, 0) is 29.7 Å². The fourth-order valence-electron chi connectivity index (χ4n) is 3.58. The van der Waals surface area contributed by atoms with Crippen LogP contribution in [0.15, 0.2) is 55.0 Å². The van der Waals surface area contributed by atoms with Crippen LogP contribution in [0.25, 0.3) is 10.9 Å². The van der Waals surface area contributed by atoms with Gasteiger partial charge in [-0.2, -0.15) is 0 Å². The van der Waals surface area contributed by atoms with Crippen molar-refractivity contribution in [1.29, 1.82) is 0 Å². The number of benzene rings is 1. The zero-order valence-electron chi connectivity index (χ0n) is 15.4. The normalized spacial score (nSPS) is 15.2. The Balaban J connectivity index is 1.22. The first-order valence-corrected chi connectivity index (χ1v) is 9.48. The highest BCUT2D eigenvalue weighted by Crippen LogP contribution is 2.18. The van der Waals surface area contributed by atoms with Crippen LogP contribution in [-0.4, -0.2) is 58.5 Å². The molecule has 1 aliphatic heterocycles. The van der Waals surface area contributed by atoms with Crippen LogP contribution in [0.3, 0.4) is 0 Å². The van der Waals surface area contributed by atoms with Crippen molar-refractivity contribution in [2.45, 2.75) is 13.0 Å². The summed E-state index contributed by atoms with van der Waals surface area (Å²) in [4.78, 5) is 24.1. The predicted octanol–water partition coefficient (Wildman–Crippen LogP) is 2.63. The second kappa shape index (κ2) is 8.22. The summed E-state index contributed by atoms with van der Waals surface area (Å²) < 4.78 is 0. The highest BCUT2D eigenvalue weighted by molar-refractivity contribution is 5.83. The Labute approximate surface area is 159 Å². The van der Waals surface area contributed by atoms with Gasteiger partial charge < -0.3 is 15.2 Å². The predicted molar refractivity (Wildman–Crippen MR) is 106 cm³/mol. The molecule has 2 N–H and O–H groups in total. The molecule has 0 aliphatic carbocycles. The molecule has 0 atom stereocenters. The Kier molecular flexibility index (Phi) is 5.34. The van der Waals surface area contributed by atoms with Gasteiger partial charge >= 0.3 is 6.03 Å². The topological polar surface area (TPSA) is 64.3 Å². The van der Waals surface area contributed by atoms with Gasteiger partial charge in [0, 0.05) is 68.8 Å². The van der Waals surface area contributed by atoms with E-state index < -0.39 is 0 Å². The number of fused-ring (bicyclic) bond motifs is 1. The largest absolute Gasteiger partial charge is 0.361 e. The number of piperazine rings is 1. The molecule has 1 saturated heterocycles. The Bertz CT molecular complexity index is 884. The van der Waals surface area contributed by atoms with Crippen LogP contribution in [0.2, 0.25) is 0 Å². The molecule has 0 spiro atoms. The number of H-pyrrole nitrogens is 1. The van der Waals surface area contributed by atoms with Gasteiger partial charge in [0.1, 0.15) is 0 Å². The minimum atomic E-state index is 0.00938. The van der Waals surface area contributed by atoms with Gasteiger partial charge in [-0.3, -0.25) is 9.88 Å². The van der Waals surface area contributed by atoms with Crippen LogP contribution in [0, 0.1) is 0 Å². The number of carbonyl (C=O) groups excluding carboxylic acids is 1. The summed E-state index contributed by atoms with van der Waals surface area (Å²) in [6, 6.07) is 12.3. The number of aromatic amines is 1. The van der Waals surface area contributed by atoms with Crippen LogP contribution in [-0.2, 0) is 13.0 Å². The van der Waals surface area contributed by atoms with Crippen molar-refractivity contribution in [3.63, 3.8) is 0 Å². The highest BCUT2D eigenvalue weighted by atomic mass is 16.2. The molecular formula is C21H25N5O. The summed E-state index contributed by atoms with van der Waals surface area (Å²) in [5.41, 5.74) is 3.58. The minimum absolute atomic E-state index is 0.00938. The summed E-state index contributed by atoms with van der Waals surface area (Å²) in [5.74, 6) is 0. The van der Waals surface area contributed by atoms with Crippen molar-refractivity contribution in [3.8, 4) is 0 Å². The minimum Gasteiger partial charge on any atom is -0.361 e. The molecule has 0 saturated carbocycles. The first-order chi connectivity index (χ1) is 13.3. The first kappa shape index (κ1) is 17.5. The molecule has 0 unspecified atom stereocenters. The average molecular weight is 363 g/mol. The lowest BCUT2D eigenvalue weighted by Gasteiger charge is -2.34. The van der Waals surface area contributed by atoms with Crippen molar-refractivity contribution in [1.82, 2.24) is 25.1 Å². The third kappa shape index (κ3) is 4.28. The molecule has 27 heavy (non-hydrogen) atoms. The quantitative estimate of drug-likeness (QED) is 0.732. The molecule has 1 aromatic carbocycles. The molecule has 6 heteroatoms. The molecular weight excluding hydrogens is 338 g/mol. The van der Waals surface area contributed by atoms with Gasteiger partial charge in [0.2, 0.25) is 0 Å². The molecule has 2 amide bonds. The van der Waals surface area contributed by atoms with E-state index in [2.05, 4.69) is 50.6 Å². The fraction of sp³-hybridized carbons (Fsp3) is 0.333. The highest BCUT2D eigenvalue weighted by Gasteiger charge is 2.20. The maximum Gasteiger partial charge on any atom is 0.317 e. The summed E-state index contributed by atoms with van der Waals surface area (Å²) in [7, 11) is 0. The molecule has 3 heterocycles. The lowest BCUT2D eigenvalue weighted by atomic mass is 10.1. The van der Waals surface area contributed by atoms with E-state index in [0.29, 0.717) is 6.54 Å². The number of aromatic nitrogens is 2. The monoisotopic (exact) mass is 363 g/mol. The summed E-state index contributed by atoms with van der Waals surface area (Å²) in [6.07, 6.45) is 6.66. The molecule has 0 bridgehead atoms. The molecule has 6 nitrogen and oxygen atoms in total. The van der Waals surface area contributed by atoms with Crippen molar-refractivity contribution < 1.29 is 4.79 Å². The molecule has 1 fully saturated rings. The average Bonchev–Trinajstić information content (AvgIpc) is 3.15. The zero-order chi connectivity index (χ0) is 18.5. The number of nitrogens with one attached hydrogen (secondary N) is 2. The van der Waals surface area contributed by atoms with Gasteiger partial charge in [-0.15, -0.1) is 0 Å². The summed E-state index contributed by atoms with van der Waals surface area (Å²) in [5, 5.41) is 4.29. The first-order valence-electron chi connectivity index (χ1n) is 9.48. The second-order valence-electron chi connectivity index (χ2n) is 6.96. The van der Waals surface area contributed by atoms with Crippen LogP contribution in [0.4, 0.5) is 4.79 Å². The van der Waals surface area contributed by atoms with Crippen LogP contribution < -0.4 is 5.32 Å². The van der Waals surface area contributed by atoms with E-state index in [0.717, 1.165) is 44.7 Å². The van der Waals surface area contributed by atoms with Crippen LogP contribution in [0.5, 0.6) is 0 Å². The number of rotatable bonds is 5. The third-order valence-corrected chi connectivity index (χ3v) is 5.20. The number of para-hydroxylation sites is 1. The summed E-state index contributed by atoms with van der Waals surface area (Å²) in [6.45, 7) is 4.92. The lowest BCUT2D eigenvalue weighted by Crippen LogP contribution is -2.51. The SMILES string of the molecule is O=C(NCc1cccnc1)N1CCN(CCc2c[nH]c3ccccc23)CC1. The number of urea groups is 1. The zero-order valence-corrected chi connectivity index (χ0v) is 15.4. The Morgan fingerprint density at radius 2 is 1.96 bits per heavy atom. The van der Waals surface area contributed by atoms with E-state index >= 15 is 0 Å². The third-order valence-electron chi connectivity index (χ3n) is 5.20. The number of hydrogen-bond acceptors (Lipinski definition) is 3. The lowest BCUT2D eigenvalue weighted by molar-refractivity contribution is 0.140. The molecule has 4 rings (SSSR count). The van der Waals surface area contributed by atoms with Crippen LogP contribution >= 0.6 is 0 Å². The number of nitrogens with zero attached hydrogens (tertiary/aromatic N) is 3. The molecule has 0 radical (unpaired) electrons. The molecule has 3 aromatic rings. The van der Waals surface area contributed by atoms with Gasteiger partial charge in [0.05, 0.1) is 0 Å². The Morgan fingerprint density at radius 1 is 1.11 bits per heavy atom. The van der Waals surface area contributed by atoms with Crippen LogP contribution in [0.1, 0.15) is 11.1 Å². The molecule has 140 valence electrons. The van der Waals surface area contributed by atoms with E-state index in [1.807, 2.05) is 17.0 Å². The van der Waals surface area contributed by atoms with Crippen molar-refractivity contribution in [2.75, 3.05) is 32.7 Å². The van der Waals surface area contributed by atoms with E-state index in [4.69, 9.17) is 0 Å². The fourth-order valence-corrected chi connectivity index (χ4v) is 3.58. The second-order valence-corrected chi connectivity index (χ2v) is 6.96. The van der Waals surface area contributed by atoms with Gasteiger partial charge in [-0.1, -0.05) is 24.3 Å². The van der Waals surface area contributed by atoms with Crippen molar-refractivity contribution in [3.05, 3.63) is 66.1 Å². The van der Waals surface area contributed by atoms with E-state index in [-0.39, 0.29) is 6.03 Å². The number of carbonyl (C=O) groups is 1. The standard InChI is InChI=1S/C21H25N5O/c27-21(24-15-17-4-3-8-22-14-17)26-12-10-25(11-13-26)9-7-18-16-23-20-6-2-1-5-19(18)20/h1-6,8,14,16,23H,7,9-13,15H2,(H,24,27). The van der Waals surface area contributed by atoms with E-state index in [1.54, 1.807) is 12.4 Å². The van der Waals surface area contributed by atoms with Crippen molar-refractivity contribution in [2.24, 2.45) is 0 Å².